The Kier molecular flexibility index (Phi) is 2.59. The van der Waals surface area contributed by atoms with Crippen molar-refractivity contribution in [1.82, 2.24) is 0 Å². The lowest BCUT2D eigenvalue weighted by molar-refractivity contribution is -0.113. The van der Waals surface area contributed by atoms with Gasteiger partial charge in [0.25, 0.3) is 5.91 Å². The minimum Gasteiger partial charge on any atom is -0.487 e. The van der Waals surface area contributed by atoms with Gasteiger partial charge in [-0.2, -0.15) is 0 Å². The summed E-state index contributed by atoms with van der Waals surface area (Å²) in [7, 11) is 0. The molecule has 2 N–H and O–H groups in total. The number of nitrogens with two attached hydrogens (primary N) is 1. The smallest absolute Gasteiger partial charge is 0.263 e. The molecule has 21 heavy (non-hydrogen) atoms. The predicted molar refractivity (Wildman–Crippen MR) is 81.0 cm³/mol. The van der Waals surface area contributed by atoms with Gasteiger partial charge >= 0.3 is 0 Å². The molecule has 2 aromatic rings. The van der Waals surface area contributed by atoms with Gasteiger partial charge in [-0.1, -0.05) is 42.5 Å². The highest BCUT2D eigenvalue weighted by molar-refractivity contribution is 6.37. The highest BCUT2D eigenvalue weighted by Crippen LogP contribution is 2.43. The first kappa shape index (κ1) is 12.2. The van der Waals surface area contributed by atoms with Gasteiger partial charge in [0.15, 0.2) is 0 Å². The second-order valence-electron chi connectivity index (χ2n) is 5.08. The maximum Gasteiger partial charge on any atom is 0.263 e. The third-order valence-corrected chi connectivity index (χ3v) is 3.97. The van der Waals surface area contributed by atoms with E-state index in [0.29, 0.717) is 17.9 Å². The van der Waals surface area contributed by atoms with Gasteiger partial charge in [0.05, 0.1) is 17.9 Å². The van der Waals surface area contributed by atoms with Crippen molar-refractivity contribution in [3.8, 4) is 0 Å². The van der Waals surface area contributed by atoms with E-state index in [2.05, 4.69) is 0 Å². The molecule has 0 unspecified atom stereocenters. The third-order valence-electron chi connectivity index (χ3n) is 3.97. The fourth-order valence-corrected chi connectivity index (χ4v) is 2.98. The summed E-state index contributed by atoms with van der Waals surface area (Å²) < 4.78 is 5.82. The third kappa shape index (κ3) is 1.63. The summed E-state index contributed by atoms with van der Waals surface area (Å²) in [5.41, 5.74) is 10.2. The van der Waals surface area contributed by atoms with Crippen molar-refractivity contribution < 1.29 is 9.53 Å². The molecule has 0 spiro atoms. The van der Waals surface area contributed by atoms with Crippen molar-refractivity contribution in [2.45, 2.75) is 6.61 Å². The van der Waals surface area contributed by atoms with Crippen LogP contribution in [-0.2, 0) is 16.1 Å². The van der Waals surface area contributed by atoms with Crippen LogP contribution in [0.4, 0.5) is 5.69 Å². The van der Waals surface area contributed by atoms with Crippen LogP contribution in [0, 0.1) is 0 Å². The molecule has 4 nitrogen and oxygen atoms in total. The molecule has 4 rings (SSSR count). The summed E-state index contributed by atoms with van der Waals surface area (Å²) in [6, 6.07) is 15.6. The molecule has 0 radical (unpaired) electrons. The van der Waals surface area contributed by atoms with Crippen molar-refractivity contribution >= 4 is 22.9 Å². The molecule has 0 aliphatic carbocycles. The molecular weight excluding hydrogens is 264 g/mol. The van der Waals surface area contributed by atoms with E-state index in [9.17, 15) is 4.79 Å². The van der Waals surface area contributed by atoms with Gasteiger partial charge in [-0.05, 0) is 6.07 Å². The average Bonchev–Trinajstić information content (AvgIpc) is 3.05. The second-order valence-corrected chi connectivity index (χ2v) is 5.08. The molecule has 0 atom stereocenters. The molecule has 2 aliphatic heterocycles. The minimum absolute atomic E-state index is 0.0922. The number of hydrogen-bond acceptors (Lipinski definition) is 3. The van der Waals surface area contributed by atoms with Crippen molar-refractivity contribution in [3.63, 3.8) is 0 Å². The zero-order valence-corrected chi connectivity index (χ0v) is 11.4. The first-order chi connectivity index (χ1) is 10.3. The van der Waals surface area contributed by atoms with E-state index in [4.69, 9.17) is 10.5 Å². The maximum absolute atomic E-state index is 12.7. The predicted octanol–water partition coefficient (Wildman–Crippen LogP) is 2.35. The van der Waals surface area contributed by atoms with E-state index in [1.165, 1.54) is 0 Å². The summed E-state index contributed by atoms with van der Waals surface area (Å²) >= 11 is 0. The van der Waals surface area contributed by atoms with Gasteiger partial charge in [-0.25, -0.2) is 0 Å². The van der Waals surface area contributed by atoms with Crippen molar-refractivity contribution in [3.05, 3.63) is 65.2 Å². The Morgan fingerprint density at radius 2 is 1.76 bits per heavy atom. The zero-order chi connectivity index (χ0) is 14.4. The van der Waals surface area contributed by atoms with E-state index >= 15 is 0 Å². The van der Waals surface area contributed by atoms with Gasteiger partial charge in [0.2, 0.25) is 0 Å². The highest BCUT2D eigenvalue weighted by atomic mass is 16.5. The standard InChI is InChI=1S/C17H14N2O2/c18-10-19-14-8-4-3-7-13(14)15(17(19)20)16-12-6-2-1-5-11(12)9-21-16/h1-8H,9-10,18H2/b16-15+. The fraction of sp³-hybridized carbons (Fsp3) is 0.118. The second kappa shape index (κ2) is 4.46. The SMILES string of the molecule is NCN1C(=O)/C(=C2/OCc3ccccc32)c2ccccc21. The largest absolute Gasteiger partial charge is 0.487 e. The number of nitrogens with zero attached hydrogens (tertiary/aromatic N) is 1. The van der Waals surface area contributed by atoms with Crippen LogP contribution < -0.4 is 10.6 Å². The highest BCUT2D eigenvalue weighted by Gasteiger charge is 2.36. The Hall–Kier alpha value is -2.59. The summed E-state index contributed by atoms with van der Waals surface area (Å²) in [6.07, 6.45) is 0. The number of amides is 1. The summed E-state index contributed by atoms with van der Waals surface area (Å²) in [5.74, 6) is 0.574. The van der Waals surface area contributed by atoms with Crippen molar-refractivity contribution in [2.75, 3.05) is 11.6 Å². The number of carbonyl (C=O) groups is 1. The number of rotatable bonds is 1. The summed E-state index contributed by atoms with van der Waals surface area (Å²) in [4.78, 5) is 14.3. The molecule has 4 heteroatoms. The molecular formula is C17H14N2O2. The van der Waals surface area contributed by atoms with Crippen LogP contribution in [0.3, 0.4) is 0 Å². The number of para-hydroxylation sites is 1. The topological polar surface area (TPSA) is 55.6 Å². The van der Waals surface area contributed by atoms with Crippen molar-refractivity contribution in [1.29, 1.82) is 0 Å². The normalized spacial score (nSPS) is 19.5. The molecule has 0 bridgehead atoms. The van der Waals surface area contributed by atoms with E-state index in [1.807, 2.05) is 48.5 Å². The number of fused-ring (bicyclic) bond motifs is 2. The molecule has 0 fully saturated rings. The molecule has 2 heterocycles. The quantitative estimate of drug-likeness (QED) is 0.815. The molecule has 0 saturated carbocycles. The fourth-order valence-electron chi connectivity index (χ4n) is 2.98. The van der Waals surface area contributed by atoms with Crippen LogP contribution in [0.15, 0.2) is 48.5 Å². The average molecular weight is 278 g/mol. The Morgan fingerprint density at radius 1 is 1.05 bits per heavy atom. The van der Waals surface area contributed by atoms with Gasteiger partial charge < -0.3 is 10.5 Å². The van der Waals surface area contributed by atoms with Crippen molar-refractivity contribution in [2.24, 2.45) is 5.73 Å². The molecule has 104 valence electrons. The molecule has 1 amide bonds. The number of carbonyl (C=O) groups excluding carboxylic acids is 1. The molecule has 0 saturated heterocycles. The first-order valence-electron chi connectivity index (χ1n) is 6.88. The Balaban J connectivity index is 1.98. The van der Waals surface area contributed by atoms with Crippen LogP contribution in [0.2, 0.25) is 0 Å². The van der Waals surface area contributed by atoms with Gasteiger partial charge in [0.1, 0.15) is 12.4 Å². The number of anilines is 1. The molecule has 2 aliphatic rings. The first-order valence-corrected chi connectivity index (χ1v) is 6.88. The van der Waals surface area contributed by atoms with E-state index in [0.717, 1.165) is 22.4 Å². The number of ether oxygens (including phenoxy) is 1. The Morgan fingerprint density at radius 3 is 2.57 bits per heavy atom. The lowest BCUT2D eigenvalue weighted by Crippen LogP contribution is -2.32. The number of benzene rings is 2. The van der Waals surface area contributed by atoms with E-state index in [-0.39, 0.29) is 12.6 Å². The van der Waals surface area contributed by atoms with E-state index < -0.39 is 0 Å². The summed E-state index contributed by atoms with van der Waals surface area (Å²) in [5, 5.41) is 0. The maximum atomic E-state index is 12.7. The van der Waals surface area contributed by atoms with E-state index in [1.54, 1.807) is 4.90 Å². The Labute approximate surface area is 122 Å². The molecule has 2 aromatic carbocycles. The number of hydrogen-bond donors (Lipinski definition) is 1. The van der Waals surface area contributed by atoms with Gasteiger partial charge in [0, 0.05) is 16.7 Å². The lowest BCUT2D eigenvalue weighted by Gasteiger charge is -2.13. The van der Waals surface area contributed by atoms with Crippen LogP contribution >= 0.6 is 0 Å². The van der Waals surface area contributed by atoms with Crippen LogP contribution in [0.1, 0.15) is 16.7 Å². The monoisotopic (exact) mass is 278 g/mol. The summed E-state index contributed by atoms with van der Waals surface area (Å²) in [6.45, 7) is 0.668. The van der Waals surface area contributed by atoms with Crippen LogP contribution in [0.25, 0.3) is 11.3 Å². The van der Waals surface area contributed by atoms with Gasteiger partial charge in [-0.3, -0.25) is 9.69 Å². The van der Waals surface area contributed by atoms with Gasteiger partial charge in [-0.15, -0.1) is 0 Å². The van der Waals surface area contributed by atoms with Crippen LogP contribution in [0.5, 0.6) is 0 Å². The zero-order valence-electron chi connectivity index (χ0n) is 11.4. The van der Waals surface area contributed by atoms with Crippen LogP contribution in [-0.4, -0.2) is 12.6 Å². The minimum atomic E-state index is -0.0922. The molecule has 0 aromatic heterocycles. The lowest BCUT2D eigenvalue weighted by atomic mass is 10.0. The Bertz CT molecular complexity index is 780.